The lowest BCUT2D eigenvalue weighted by Gasteiger charge is -2.33. The molecular formula is C13H18N2O5S. The van der Waals surface area contributed by atoms with E-state index < -0.39 is 16.1 Å². The molecule has 1 aliphatic rings. The van der Waals surface area contributed by atoms with Gasteiger partial charge in [0.15, 0.2) is 0 Å². The Morgan fingerprint density at radius 2 is 1.86 bits per heavy atom. The minimum absolute atomic E-state index is 0.116. The number of hydrogen-bond acceptors (Lipinski definition) is 5. The van der Waals surface area contributed by atoms with Crippen LogP contribution in [0.5, 0.6) is 5.75 Å². The van der Waals surface area contributed by atoms with Crippen molar-refractivity contribution in [2.75, 3.05) is 32.8 Å². The fraction of sp³-hybridized carbons (Fsp3) is 0.462. The number of sulfonamides is 1. The Labute approximate surface area is 123 Å². The van der Waals surface area contributed by atoms with Gasteiger partial charge in [-0.25, -0.2) is 13.2 Å². The quantitative estimate of drug-likeness (QED) is 0.894. The molecule has 1 heterocycles. The van der Waals surface area contributed by atoms with Gasteiger partial charge in [0.1, 0.15) is 10.6 Å². The third-order valence-electron chi connectivity index (χ3n) is 3.25. The number of aromatic hydroxyl groups is 1. The highest BCUT2D eigenvalue weighted by atomic mass is 32.2. The van der Waals surface area contributed by atoms with E-state index in [1.165, 1.54) is 21.3 Å². The number of piperazine rings is 1. The third-order valence-corrected chi connectivity index (χ3v) is 5.19. The summed E-state index contributed by atoms with van der Waals surface area (Å²) >= 11 is 0. The van der Waals surface area contributed by atoms with Gasteiger partial charge in [-0.2, -0.15) is 4.31 Å². The van der Waals surface area contributed by atoms with Crippen LogP contribution in [0.15, 0.2) is 29.2 Å². The molecule has 0 bridgehead atoms. The van der Waals surface area contributed by atoms with Crippen LogP contribution in [0, 0.1) is 0 Å². The van der Waals surface area contributed by atoms with E-state index in [4.69, 9.17) is 4.74 Å². The average Bonchev–Trinajstić information content (AvgIpc) is 2.48. The number of phenols is 1. The molecule has 0 aromatic heterocycles. The van der Waals surface area contributed by atoms with E-state index in [0.717, 1.165) is 0 Å². The molecule has 0 aliphatic carbocycles. The van der Waals surface area contributed by atoms with Crippen LogP contribution >= 0.6 is 0 Å². The maximum absolute atomic E-state index is 12.4. The molecule has 1 amide bonds. The van der Waals surface area contributed by atoms with E-state index in [1.807, 2.05) is 0 Å². The van der Waals surface area contributed by atoms with E-state index in [1.54, 1.807) is 19.1 Å². The second-order valence-corrected chi connectivity index (χ2v) is 6.46. The van der Waals surface area contributed by atoms with Gasteiger partial charge in [0, 0.05) is 26.2 Å². The maximum atomic E-state index is 12.4. The van der Waals surface area contributed by atoms with E-state index in [0.29, 0.717) is 0 Å². The number of phenolic OH excluding ortho intramolecular Hbond substituents is 1. The van der Waals surface area contributed by atoms with Crippen molar-refractivity contribution in [2.45, 2.75) is 11.8 Å². The van der Waals surface area contributed by atoms with Crippen LogP contribution in [0.2, 0.25) is 0 Å². The Morgan fingerprint density at radius 1 is 1.24 bits per heavy atom. The normalized spacial score (nSPS) is 16.7. The molecule has 116 valence electrons. The smallest absolute Gasteiger partial charge is 0.409 e. The second-order valence-electron chi connectivity index (χ2n) is 4.56. The Balaban J connectivity index is 2.08. The van der Waals surface area contributed by atoms with Gasteiger partial charge in [0.05, 0.1) is 6.61 Å². The van der Waals surface area contributed by atoms with Crippen molar-refractivity contribution in [1.29, 1.82) is 0 Å². The van der Waals surface area contributed by atoms with Gasteiger partial charge in [-0.3, -0.25) is 0 Å². The number of nitrogens with zero attached hydrogens (tertiary/aromatic N) is 2. The predicted octanol–water partition coefficient (Wildman–Crippen LogP) is 0.855. The van der Waals surface area contributed by atoms with Gasteiger partial charge in [-0.1, -0.05) is 12.1 Å². The molecule has 8 heteroatoms. The summed E-state index contributed by atoms with van der Waals surface area (Å²) < 4.78 is 31.0. The van der Waals surface area contributed by atoms with Crippen LogP contribution in [-0.2, 0) is 14.8 Å². The SMILES string of the molecule is CCOC(=O)N1CCN(S(=O)(=O)c2ccccc2O)CC1. The summed E-state index contributed by atoms with van der Waals surface area (Å²) in [4.78, 5) is 12.9. The molecule has 0 saturated carbocycles. The summed E-state index contributed by atoms with van der Waals surface area (Å²) in [5.41, 5.74) is 0. The topological polar surface area (TPSA) is 87.2 Å². The number of benzene rings is 1. The lowest BCUT2D eigenvalue weighted by molar-refractivity contribution is 0.0934. The first-order chi connectivity index (χ1) is 9.96. The molecule has 0 radical (unpaired) electrons. The van der Waals surface area contributed by atoms with E-state index in [9.17, 15) is 18.3 Å². The maximum Gasteiger partial charge on any atom is 0.409 e. The molecule has 0 spiro atoms. The van der Waals surface area contributed by atoms with Crippen LogP contribution in [0.4, 0.5) is 4.79 Å². The Morgan fingerprint density at radius 3 is 2.43 bits per heavy atom. The number of ether oxygens (including phenoxy) is 1. The molecular weight excluding hydrogens is 296 g/mol. The molecule has 0 atom stereocenters. The van der Waals surface area contributed by atoms with Crippen LogP contribution in [0.3, 0.4) is 0 Å². The van der Waals surface area contributed by atoms with Crippen molar-refractivity contribution < 1.29 is 23.1 Å². The molecule has 1 aromatic rings. The van der Waals surface area contributed by atoms with E-state index >= 15 is 0 Å². The summed E-state index contributed by atoms with van der Waals surface area (Å²) in [6, 6.07) is 5.82. The first-order valence-corrected chi connectivity index (χ1v) is 8.10. The number of carbonyl (C=O) groups is 1. The second kappa shape index (κ2) is 6.31. The highest BCUT2D eigenvalue weighted by Crippen LogP contribution is 2.25. The van der Waals surface area contributed by atoms with Gasteiger partial charge in [0.25, 0.3) is 0 Å². The van der Waals surface area contributed by atoms with Crippen molar-refractivity contribution in [2.24, 2.45) is 0 Å². The Bertz CT molecular complexity index is 609. The fourth-order valence-corrected chi connectivity index (χ4v) is 3.65. The minimum Gasteiger partial charge on any atom is -0.507 e. The zero-order valence-corrected chi connectivity index (χ0v) is 12.5. The number of hydrogen-bond donors (Lipinski definition) is 1. The van der Waals surface area contributed by atoms with E-state index in [2.05, 4.69) is 0 Å². The molecule has 21 heavy (non-hydrogen) atoms. The van der Waals surface area contributed by atoms with Crippen molar-refractivity contribution in [3.05, 3.63) is 24.3 Å². The fourth-order valence-electron chi connectivity index (χ4n) is 2.14. The molecule has 1 saturated heterocycles. The summed E-state index contributed by atoms with van der Waals surface area (Å²) in [6.45, 7) is 2.90. The molecule has 1 fully saturated rings. The predicted molar refractivity (Wildman–Crippen MR) is 75.5 cm³/mol. The van der Waals surface area contributed by atoms with Crippen LogP contribution in [0.1, 0.15) is 6.92 Å². The third kappa shape index (κ3) is 3.27. The van der Waals surface area contributed by atoms with Gasteiger partial charge < -0.3 is 14.7 Å². The van der Waals surface area contributed by atoms with Crippen molar-refractivity contribution >= 4 is 16.1 Å². The largest absolute Gasteiger partial charge is 0.507 e. The standard InChI is InChI=1S/C13H18N2O5S/c1-2-20-13(17)14-7-9-15(10-8-14)21(18,19)12-6-4-3-5-11(12)16/h3-6,16H,2,7-10H2,1H3. The first-order valence-electron chi connectivity index (χ1n) is 6.66. The zero-order chi connectivity index (χ0) is 15.5. The van der Waals surface area contributed by atoms with Gasteiger partial charge >= 0.3 is 6.09 Å². The average molecular weight is 314 g/mol. The molecule has 1 aliphatic heterocycles. The number of rotatable bonds is 3. The molecule has 1 N–H and O–H groups in total. The number of amides is 1. The summed E-state index contributed by atoms with van der Waals surface area (Å²) in [5.74, 6) is -0.273. The van der Waals surface area contributed by atoms with Gasteiger partial charge in [-0.15, -0.1) is 0 Å². The van der Waals surface area contributed by atoms with Crippen molar-refractivity contribution in [3.8, 4) is 5.75 Å². The molecule has 2 rings (SSSR count). The highest BCUT2D eigenvalue weighted by Gasteiger charge is 2.31. The first kappa shape index (κ1) is 15.6. The summed E-state index contributed by atoms with van der Waals surface area (Å²) in [7, 11) is -3.75. The summed E-state index contributed by atoms with van der Waals surface area (Å²) in [6.07, 6.45) is -0.433. The molecule has 1 aromatic carbocycles. The van der Waals surface area contributed by atoms with Crippen molar-refractivity contribution in [1.82, 2.24) is 9.21 Å². The minimum atomic E-state index is -3.75. The van der Waals surface area contributed by atoms with Crippen LogP contribution in [0.25, 0.3) is 0 Å². The number of para-hydroxylation sites is 1. The summed E-state index contributed by atoms with van der Waals surface area (Å²) in [5, 5.41) is 9.70. The van der Waals surface area contributed by atoms with Crippen LogP contribution in [-0.4, -0.2) is 61.6 Å². The lowest BCUT2D eigenvalue weighted by atomic mass is 10.3. The zero-order valence-electron chi connectivity index (χ0n) is 11.7. The number of carbonyl (C=O) groups excluding carboxylic acids is 1. The molecule has 0 unspecified atom stereocenters. The van der Waals surface area contributed by atoms with E-state index in [-0.39, 0.29) is 43.4 Å². The lowest BCUT2D eigenvalue weighted by Crippen LogP contribution is -2.50. The van der Waals surface area contributed by atoms with Gasteiger partial charge in [-0.05, 0) is 19.1 Å². The van der Waals surface area contributed by atoms with Gasteiger partial charge in [0.2, 0.25) is 10.0 Å². The van der Waals surface area contributed by atoms with Crippen LogP contribution < -0.4 is 0 Å². The highest BCUT2D eigenvalue weighted by molar-refractivity contribution is 7.89. The Hall–Kier alpha value is -1.80. The Kier molecular flexibility index (Phi) is 4.69. The molecule has 7 nitrogen and oxygen atoms in total. The van der Waals surface area contributed by atoms with Crippen molar-refractivity contribution in [3.63, 3.8) is 0 Å². The monoisotopic (exact) mass is 314 g/mol.